The molecule has 1 heterocycles. The third kappa shape index (κ3) is 2.85. The number of benzene rings is 1. The van der Waals surface area contributed by atoms with Gasteiger partial charge in [-0.25, -0.2) is 0 Å². The van der Waals surface area contributed by atoms with E-state index in [0.717, 1.165) is 16.6 Å². The number of hydrogen-bond donors (Lipinski definition) is 1. The molecule has 2 nitrogen and oxygen atoms in total. The molecule has 16 heavy (non-hydrogen) atoms. The van der Waals surface area contributed by atoms with E-state index in [1.807, 2.05) is 30.3 Å². The largest absolute Gasteiger partial charge is 0.393 e. The summed E-state index contributed by atoms with van der Waals surface area (Å²) < 4.78 is 0. The molecule has 0 spiro atoms. The van der Waals surface area contributed by atoms with Crippen LogP contribution in [0.1, 0.15) is 12.6 Å². The van der Waals surface area contributed by atoms with Gasteiger partial charge in [-0.2, -0.15) is 0 Å². The van der Waals surface area contributed by atoms with Gasteiger partial charge in [-0.1, -0.05) is 29.8 Å². The number of halogens is 2. The highest BCUT2D eigenvalue weighted by Crippen LogP contribution is 2.21. The molecule has 0 amide bonds. The van der Waals surface area contributed by atoms with Crippen LogP contribution >= 0.6 is 24.0 Å². The Bertz CT molecular complexity index is 485. The summed E-state index contributed by atoms with van der Waals surface area (Å²) in [4.78, 5) is 4.42. The molecule has 0 fully saturated rings. The van der Waals surface area contributed by atoms with Gasteiger partial charge >= 0.3 is 0 Å². The summed E-state index contributed by atoms with van der Waals surface area (Å²) in [6.07, 6.45) is 0.0695. The van der Waals surface area contributed by atoms with Crippen LogP contribution in [0.25, 0.3) is 10.9 Å². The molecule has 0 aliphatic rings. The van der Waals surface area contributed by atoms with Crippen molar-refractivity contribution < 1.29 is 5.11 Å². The first-order valence-corrected chi connectivity index (χ1v) is 5.27. The molecule has 1 aromatic heterocycles. The quantitative estimate of drug-likeness (QED) is 0.897. The molecule has 4 heteroatoms. The van der Waals surface area contributed by atoms with Crippen LogP contribution in [0.2, 0.25) is 5.02 Å². The molecule has 1 aromatic carbocycles. The number of aliphatic hydroxyl groups is 1. The number of pyridine rings is 1. The molecule has 1 atom stereocenters. The Labute approximate surface area is 106 Å². The fourth-order valence-electron chi connectivity index (χ4n) is 1.55. The summed E-state index contributed by atoms with van der Waals surface area (Å²) >= 11 is 6.07. The van der Waals surface area contributed by atoms with Crippen molar-refractivity contribution >= 4 is 34.9 Å². The zero-order valence-corrected chi connectivity index (χ0v) is 10.4. The number of para-hydroxylation sites is 1. The normalized spacial score (nSPS) is 12.2. The second kappa shape index (κ2) is 5.48. The van der Waals surface area contributed by atoms with Crippen LogP contribution in [0.15, 0.2) is 30.3 Å². The minimum atomic E-state index is -0.420. The lowest BCUT2D eigenvalue weighted by Crippen LogP contribution is -2.06. The van der Waals surface area contributed by atoms with Crippen molar-refractivity contribution in [3.8, 4) is 0 Å². The zero-order chi connectivity index (χ0) is 10.8. The Morgan fingerprint density at radius 2 is 2.06 bits per heavy atom. The highest BCUT2D eigenvalue weighted by Gasteiger charge is 2.07. The first-order valence-electron chi connectivity index (χ1n) is 4.89. The van der Waals surface area contributed by atoms with Crippen LogP contribution in [-0.2, 0) is 6.42 Å². The predicted octanol–water partition coefficient (Wildman–Crippen LogP) is 3.23. The third-order valence-corrected chi connectivity index (χ3v) is 2.57. The number of rotatable bonds is 2. The van der Waals surface area contributed by atoms with Crippen molar-refractivity contribution in [1.82, 2.24) is 4.98 Å². The molecule has 0 saturated heterocycles. The summed E-state index contributed by atoms with van der Waals surface area (Å²) in [6.45, 7) is 1.73. The van der Waals surface area contributed by atoms with Gasteiger partial charge in [0.15, 0.2) is 0 Å². The van der Waals surface area contributed by atoms with E-state index >= 15 is 0 Å². The van der Waals surface area contributed by atoms with Gasteiger partial charge in [-0.3, -0.25) is 4.98 Å². The van der Waals surface area contributed by atoms with E-state index in [0.29, 0.717) is 11.4 Å². The van der Waals surface area contributed by atoms with Gasteiger partial charge in [0.1, 0.15) is 0 Å². The predicted molar refractivity (Wildman–Crippen MR) is 69.4 cm³/mol. The van der Waals surface area contributed by atoms with Crippen molar-refractivity contribution in [3.05, 3.63) is 41.0 Å². The standard InChI is InChI=1S/C12H12ClNO.ClH/c1-8(15)6-12-10(13)7-9-4-2-3-5-11(9)14-12;/h2-5,7-8,15H,6H2,1H3;1H. The van der Waals surface area contributed by atoms with Crippen molar-refractivity contribution in [2.24, 2.45) is 0 Å². The maximum Gasteiger partial charge on any atom is 0.0706 e. The van der Waals surface area contributed by atoms with Gasteiger partial charge in [0.25, 0.3) is 0 Å². The van der Waals surface area contributed by atoms with Gasteiger partial charge in [0, 0.05) is 11.8 Å². The molecule has 0 radical (unpaired) electrons. The average Bonchev–Trinajstić information content (AvgIpc) is 2.18. The Hall–Kier alpha value is -0.830. The molecule has 0 saturated carbocycles. The average molecular weight is 258 g/mol. The molecule has 86 valence electrons. The molecular weight excluding hydrogens is 245 g/mol. The highest BCUT2D eigenvalue weighted by molar-refractivity contribution is 6.31. The lowest BCUT2D eigenvalue weighted by molar-refractivity contribution is 0.194. The Morgan fingerprint density at radius 3 is 2.75 bits per heavy atom. The van der Waals surface area contributed by atoms with E-state index in [-0.39, 0.29) is 12.4 Å². The number of aliphatic hydroxyl groups excluding tert-OH is 1. The lowest BCUT2D eigenvalue weighted by Gasteiger charge is -2.07. The molecule has 0 aliphatic heterocycles. The maximum absolute atomic E-state index is 9.30. The summed E-state index contributed by atoms with van der Waals surface area (Å²) in [5, 5.41) is 10.9. The molecule has 2 aromatic rings. The molecule has 0 aliphatic carbocycles. The topological polar surface area (TPSA) is 33.1 Å². The van der Waals surface area contributed by atoms with E-state index in [9.17, 15) is 5.11 Å². The van der Waals surface area contributed by atoms with Gasteiger partial charge < -0.3 is 5.11 Å². The summed E-state index contributed by atoms with van der Waals surface area (Å²) in [5.41, 5.74) is 1.67. The smallest absolute Gasteiger partial charge is 0.0706 e. The zero-order valence-electron chi connectivity index (χ0n) is 8.85. The van der Waals surface area contributed by atoms with Crippen LogP contribution in [0.3, 0.4) is 0 Å². The third-order valence-electron chi connectivity index (χ3n) is 2.24. The molecular formula is C12H13Cl2NO. The van der Waals surface area contributed by atoms with Gasteiger partial charge in [0.05, 0.1) is 22.3 Å². The second-order valence-electron chi connectivity index (χ2n) is 3.66. The Kier molecular flexibility index (Phi) is 4.54. The molecule has 0 bridgehead atoms. The van der Waals surface area contributed by atoms with Gasteiger partial charge in [0.2, 0.25) is 0 Å². The first-order chi connectivity index (χ1) is 7.16. The second-order valence-corrected chi connectivity index (χ2v) is 4.07. The SMILES string of the molecule is CC(O)Cc1nc2ccccc2cc1Cl.Cl. The van der Waals surface area contributed by atoms with Crippen molar-refractivity contribution in [2.45, 2.75) is 19.4 Å². The van der Waals surface area contributed by atoms with E-state index in [2.05, 4.69) is 4.98 Å². The number of hydrogen-bond acceptors (Lipinski definition) is 2. The molecule has 2 rings (SSSR count). The van der Waals surface area contributed by atoms with Crippen LogP contribution in [0.5, 0.6) is 0 Å². The fourth-order valence-corrected chi connectivity index (χ4v) is 1.79. The highest BCUT2D eigenvalue weighted by atomic mass is 35.5. The Morgan fingerprint density at radius 1 is 1.38 bits per heavy atom. The minimum absolute atomic E-state index is 0. The van der Waals surface area contributed by atoms with Gasteiger partial charge in [-0.15, -0.1) is 12.4 Å². The van der Waals surface area contributed by atoms with E-state index in [4.69, 9.17) is 11.6 Å². The summed E-state index contributed by atoms with van der Waals surface area (Å²) in [6, 6.07) is 9.70. The van der Waals surface area contributed by atoms with Crippen molar-refractivity contribution in [1.29, 1.82) is 0 Å². The molecule has 1 N–H and O–H groups in total. The van der Waals surface area contributed by atoms with Gasteiger partial charge in [-0.05, 0) is 19.1 Å². The van der Waals surface area contributed by atoms with E-state index in [1.54, 1.807) is 6.92 Å². The summed E-state index contributed by atoms with van der Waals surface area (Å²) in [7, 11) is 0. The number of aromatic nitrogens is 1. The van der Waals surface area contributed by atoms with Crippen LogP contribution in [0, 0.1) is 0 Å². The minimum Gasteiger partial charge on any atom is -0.393 e. The van der Waals surface area contributed by atoms with Crippen LogP contribution in [-0.4, -0.2) is 16.2 Å². The molecule has 1 unspecified atom stereocenters. The maximum atomic E-state index is 9.30. The number of nitrogens with zero attached hydrogens (tertiary/aromatic N) is 1. The van der Waals surface area contributed by atoms with Crippen LogP contribution < -0.4 is 0 Å². The monoisotopic (exact) mass is 257 g/mol. The Balaban J connectivity index is 0.00000128. The summed E-state index contributed by atoms with van der Waals surface area (Å²) in [5.74, 6) is 0. The van der Waals surface area contributed by atoms with E-state index < -0.39 is 6.10 Å². The first kappa shape index (κ1) is 13.2. The van der Waals surface area contributed by atoms with E-state index in [1.165, 1.54) is 0 Å². The van der Waals surface area contributed by atoms with Crippen LogP contribution in [0.4, 0.5) is 0 Å². The fraction of sp³-hybridized carbons (Fsp3) is 0.250. The van der Waals surface area contributed by atoms with Crippen molar-refractivity contribution in [2.75, 3.05) is 0 Å². The number of fused-ring (bicyclic) bond motifs is 1. The lowest BCUT2D eigenvalue weighted by atomic mass is 10.1. The van der Waals surface area contributed by atoms with Crippen molar-refractivity contribution in [3.63, 3.8) is 0 Å².